The van der Waals surface area contributed by atoms with Crippen molar-refractivity contribution in [1.82, 2.24) is 4.98 Å². The van der Waals surface area contributed by atoms with Crippen molar-refractivity contribution in [3.8, 4) is 0 Å². The second kappa shape index (κ2) is 4.18. The molecule has 1 aromatic rings. The summed E-state index contributed by atoms with van der Waals surface area (Å²) in [6.07, 6.45) is 6.91. The highest BCUT2D eigenvalue weighted by molar-refractivity contribution is 6.32. The molecule has 14 heavy (non-hydrogen) atoms. The van der Waals surface area contributed by atoms with Gasteiger partial charge in [-0.1, -0.05) is 24.4 Å². The maximum Gasteiger partial charge on any atom is 0.152 e. The van der Waals surface area contributed by atoms with Gasteiger partial charge in [0.2, 0.25) is 0 Å². The number of hydrogen-bond donors (Lipinski definition) is 1. The Morgan fingerprint density at radius 3 is 2.79 bits per heavy atom. The van der Waals surface area contributed by atoms with Crippen LogP contribution in [0.25, 0.3) is 0 Å². The minimum Gasteiger partial charge on any atom is -0.380 e. The summed E-state index contributed by atoms with van der Waals surface area (Å²) in [4.78, 5) is 4.08. The van der Waals surface area contributed by atoms with E-state index in [0.717, 1.165) is 5.69 Å². The van der Waals surface area contributed by atoms with Crippen LogP contribution in [0, 0.1) is 6.92 Å². The summed E-state index contributed by atoms with van der Waals surface area (Å²) in [5.41, 5.74) is 2.19. The van der Waals surface area contributed by atoms with Crippen LogP contribution in [-0.2, 0) is 0 Å². The molecule has 0 aromatic carbocycles. The van der Waals surface area contributed by atoms with E-state index in [4.69, 9.17) is 11.6 Å². The van der Waals surface area contributed by atoms with Crippen LogP contribution in [0.2, 0.25) is 5.15 Å². The van der Waals surface area contributed by atoms with Crippen LogP contribution in [-0.4, -0.2) is 11.0 Å². The van der Waals surface area contributed by atoms with E-state index in [9.17, 15) is 0 Å². The van der Waals surface area contributed by atoms with Crippen LogP contribution in [0.4, 0.5) is 5.69 Å². The fraction of sp³-hybridized carbons (Fsp3) is 0.545. The van der Waals surface area contributed by atoms with Gasteiger partial charge in [0.05, 0.1) is 5.69 Å². The summed E-state index contributed by atoms with van der Waals surface area (Å²) in [5, 5.41) is 4.08. The zero-order chi connectivity index (χ0) is 9.97. The summed E-state index contributed by atoms with van der Waals surface area (Å²) in [6, 6.07) is 2.58. The number of rotatable bonds is 2. The van der Waals surface area contributed by atoms with Gasteiger partial charge in [-0.25, -0.2) is 4.98 Å². The van der Waals surface area contributed by atoms with E-state index in [-0.39, 0.29) is 0 Å². The van der Waals surface area contributed by atoms with Crippen molar-refractivity contribution >= 4 is 17.3 Å². The molecule has 1 aliphatic carbocycles. The minimum atomic E-state index is 0.593. The molecule has 1 saturated carbocycles. The van der Waals surface area contributed by atoms with Crippen LogP contribution >= 0.6 is 11.6 Å². The van der Waals surface area contributed by atoms with Gasteiger partial charge >= 0.3 is 0 Å². The zero-order valence-electron chi connectivity index (χ0n) is 8.39. The average Bonchev–Trinajstić information content (AvgIpc) is 2.64. The first kappa shape index (κ1) is 9.78. The van der Waals surface area contributed by atoms with E-state index in [2.05, 4.69) is 17.2 Å². The van der Waals surface area contributed by atoms with Crippen molar-refractivity contribution in [2.24, 2.45) is 0 Å². The fourth-order valence-electron chi connectivity index (χ4n) is 1.97. The molecule has 76 valence electrons. The van der Waals surface area contributed by atoms with Crippen molar-refractivity contribution in [3.63, 3.8) is 0 Å². The highest BCUT2D eigenvalue weighted by Gasteiger charge is 2.16. The Morgan fingerprint density at radius 1 is 1.43 bits per heavy atom. The number of anilines is 1. The Morgan fingerprint density at radius 2 is 2.14 bits per heavy atom. The molecule has 1 aromatic heterocycles. The van der Waals surface area contributed by atoms with Gasteiger partial charge in [0.25, 0.3) is 0 Å². The monoisotopic (exact) mass is 210 g/mol. The highest BCUT2D eigenvalue weighted by Crippen LogP contribution is 2.28. The number of aryl methyl sites for hydroxylation is 1. The molecule has 0 bridgehead atoms. The third-order valence-electron chi connectivity index (χ3n) is 2.82. The first-order valence-electron chi connectivity index (χ1n) is 5.15. The lowest BCUT2D eigenvalue weighted by molar-refractivity contribution is 0.754. The van der Waals surface area contributed by atoms with Crippen molar-refractivity contribution in [2.45, 2.75) is 38.6 Å². The maximum atomic E-state index is 6.03. The van der Waals surface area contributed by atoms with E-state index in [1.807, 2.05) is 6.07 Å². The van der Waals surface area contributed by atoms with Crippen molar-refractivity contribution in [1.29, 1.82) is 0 Å². The fourth-order valence-corrected chi connectivity index (χ4v) is 2.23. The number of nitrogens with zero attached hydrogens (tertiary/aromatic N) is 1. The quantitative estimate of drug-likeness (QED) is 0.757. The third-order valence-corrected chi connectivity index (χ3v) is 3.10. The standard InChI is InChI=1S/C11H15ClN2/c1-8-6-7-13-11(12)10(8)14-9-4-2-3-5-9/h6-7,9,14H,2-5H2,1H3. The summed E-state index contributed by atoms with van der Waals surface area (Å²) in [7, 11) is 0. The van der Waals surface area contributed by atoms with E-state index in [1.165, 1.54) is 31.2 Å². The molecule has 1 heterocycles. The van der Waals surface area contributed by atoms with Gasteiger partial charge in [0, 0.05) is 12.2 Å². The van der Waals surface area contributed by atoms with E-state index in [1.54, 1.807) is 6.20 Å². The Bertz CT molecular complexity index is 299. The first-order valence-corrected chi connectivity index (χ1v) is 5.53. The topological polar surface area (TPSA) is 24.9 Å². The summed E-state index contributed by atoms with van der Waals surface area (Å²) in [5.74, 6) is 0. The molecule has 3 heteroatoms. The molecule has 2 rings (SSSR count). The molecule has 0 radical (unpaired) electrons. The largest absolute Gasteiger partial charge is 0.380 e. The Labute approximate surface area is 89.7 Å². The lowest BCUT2D eigenvalue weighted by Gasteiger charge is -2.16. The normalized spacial score (nSPS) is 17.3. The average molecular weight is 211 g/mol. The summed E-state index contributed by atoms with van der Waals surface area (Å²) < 4.78 is 0. The molecule has 2 nitrogen and oxygen atoms in total. The number of pyridine rings is 1. The predicted molar refractivity (Wildman–Crippen MR) is 59.9 cm³/mol. The van der Waals surface area contributed by atoms with Gasteiger partial charge in [-0.15, -0.1) is 0 Å². The van der Waals surface area contributed by atoms with Crippen LogP contribution < -0.4 is 5.32 Å². The molecule has 1 aliphatic rings. The molecule has 1 N–H and O–H groups in total. The lowest BCUT2D eigenvalue weighted by Crippen LogP contribution is -2.15. The van der Waals surface area contributed by atoms with Crippen LogP contribution in [0.1, 0.15) is 31.2 Å². The van der Waals surface area contributed by atoms with Gasteiger partial charge in [0.1, 0.15) is 0 Å². The molecular formula is C11H15ClN2. The van der Waals surface area contributed by atoms with Gasteiger partial charge in [-0.05, 0) is 31.4 Å². The van der Waals surface area contributed by atoms with Gasteiger partial charge < -0.3 is 5.32 Å². The number of hydrogen-bond acceptors (Lipinski definition) is 2. The highest BCUT2D eigenvalue weighted by atomic mass is 35.5. The van der Waals surface area contributed by atoms with E-state index in [0.29, 0.717) is 11.2 Å². The predicted octanol–water partition coefficient (Wildman–Crippen LogP) is 3.40. The maximum absolute atomic E-state index is 6.03. The Hall–Kier alpha value is -0.760. The first-order chi connectivity index (χ1) is 6.77. The van der Waals surface area contributed by atoms with E-state index >= 15 is 0 Å². The summed E-state index contributed by atoms with van der Waals surface area (Å²) in [6.45, 7) is 2.06. The molecule has 0 saturated heterocycles. The van der Waals surface area contributed by atoms with Crippen LogP contribution in [0.3, 0.4) is 0 Å². The smallest absolute Gasteiger partial charge is 0.152 e. The molecule has 0 amide bonds. The molecule has 1 fully saturated rings. The van der Waals surface area contributed by atoms with E-state index < -0.39 is 0 Å². The minimum absolute atomic E-state index is 0.593. The third kappa shape index (κ3) is 2.01. The number of nitrogens with one attached hydrogen (secondary N) is 1. The number of halogens is 1. The van der Waals surface area contributed by atoms with Crippen molar-refractivity contribution < 1.29 is 0 Å². The SMILES string of the molecule is Cc1ccnc(Cl)c1NC1CCCC1. The van der Waals surface area contributed by atoms with Crippen molar-refractivity contribution in [2.75, 3.05) is 5.32 Å². The number of aromatic nitrogens is 1. The second-order valence-electron chi connectivity index (χ2n) is 3.92. The van der Waals surface area contributed by atoms with Gasteiger partial charge in [0.15, 0.2) is 5.15 Å². The van der Waals surface area contributed by atoms with Gasteiger partial charge in [-0.2, -0.15) is 0 Å². The molecule has 0 atom stereocenters. The zero-order valence-corrected chi connectivity index (χ0v) is 9.14. The molecular weight excluding hydrogens is 196 g/mol. The molecule has 0 unspecified atom stereocenters. The van der Waals surface area contributed by atoms with Crippen molar-refractivity contribution in [3.05, 3.63) is 23.0 Å². The van der Waals surface area contributed by atoms with Crippen LogP contribution in [0.15, 0.2) is 12.3 Å². The van der Waals surface area contributed by atoms with Crippen LogP contribution in [0.5, 0.6) is 0 Å². The van der Waals surface area contributed by atoms with Gasteiger partial charge in [-0.3, -0.25) is 0 Å². The Balaban J connectivity index is 2.14. The Kier molecular flexibility index (Phi) is 2.92. The lowest BCUT2D eigenvalue weighted by atomic mass is 10.2. The molecule has 0 aliphatic heterocycles. The summed E-state index contributed by atoms with van der Waals surface area (Å²) >= 11 is 6.03. The second-order valence-corrected chi connectivity index (χ2v) is 4.28. The molecule has 0 spiro atoms.